The zero-order valence-electron chi connectivity index (χ0n) is 17.9. The van der Waals surface area contributed by atoms with Gasteiger partial charge in [-0.05, 0) is 43.7 Å². The topological polar surface area (TPSA) is 73.1 Å². The van der Waals surface area contributed by atoms with Crippen LogP contribution in [0.2, 0.25) is 0 Å². The minimum atomic E-state index is -0.555. The number of hydrogen-bond donors (Lipinski definition) is 1. The first-order valence-corrected chi connectivity index (χ1v) is 10.3. The van der Waals surface area contributed by atoms with Gasteiger partial charge < -0.3 is 5.32 Å². The summed E-state index contributed by atoms with van der Waals surface area (Å²) in [6.45, 7) is 3.88. The predicted octanol–water partition coefficient (Wildman–Crippen LogP) is 3.79. The second-order valence-corrected chi connectivity index (χ2v) is 7.70. The Bertz CT molecular complexity index is 1370. The molecule has 0 bridgehead atoms. The van der Waals surface area contributed by atoms with E-state index in [0.717, 1.165) is 21.3 Å². The fraction of sp³-hybridized carbons (Fsp3) is 0.115. The molecule has 160 valence electrons. The summed E-state index contributed by atoms with van der Waals surface area (Å²) < 4.78 is 2.45. The fourth-order valence-corrected chi connectivity index (χ4v) is 3.48. The van der Waals surface area contributed by atoms with E-state index in [1.807, 2.05) is 68.4 Å². The number of benzene rings is 3. The summed E-state index contributed by atoms with van der Waals surface area (Å²) in [7, 11) is 0. The molecule has 1 N–H and O–H groups in total. The zero-order valence-corrected chi connectivity index (χ0v) is 17.9. The van der Waals surface area contributed by atoms with Crippen molar-refractivity contribution >= 4 is 11.7 Å². The molecule has 1 amide bonds. The first kappa shape index (κ1) is 21.1. The first-order chi connectivity index (χ1) is 15.4. The van der Waals surface area contributed by atoms with Gasteiger partial charge in [0.2, 0.25) is 5.91 Å². The van der Waals surface area contributed by atoms with Gasteiger partial charge in [0.25, 0.3) is 5.56 Å². The van der Waals surface area contributed by atoms with Gasteiger partial charge in [0.1, 0.15) is 5.82 Å². The van der Waals surface area contributed by atoms with E-state index in [0.29, 0.717) is 11.4 Å². The lowest BCUT2D eigenvalue weighted by Crippen LogP contribution is -2.39. The summed E-state index contributed by atoms with van der Waals surface area (Å²) >= 11 is 0. The van der Waals surface area contributed by atoms with Gasteiger partial charge in [-0.15, -0.1) is 0 Å². The van der Waals surface area contributed by atoms with Gasteiger partial charge in [-0.25, -0.2) is 13.9 Å². The van der Waals surface area contributed by atoms with E-state index in [2.05, 4.69) is 5.32 Å². The maximum atomic E-state index is 13.5. The summed E-state index contributed by atoms with van der Waals surface area (Å²) in [5, 5.41) is 2.75. The van der Waals surface area contributed by atoms with Crippen LogP contribution in [0.5, 0.6) is 0 Å². The van der Waals surface area contributed by atoms with Crippen LogP contribution in [0.1, 0.15) is 16.7 Å². The predicted molar refractivity (Wildman–Crippen MR) is 126 cm³/mol. The molecule has 4 rings (SSSR count). The maximum Gasteiger partial charge on any atom is 0.341 e. The lowest BCUT2D eigenvalue weighted by Gasteiger charge is -2.16. The third-order valence-electron chi connectivity index (χ3n) is 5.16. The fourth-order valence-electron chi connectivity index (χ4n) is 3.48. The Morgan fingerprint density at radius 3 is 1.84 bits per heavy atom. The van der Waals surface area contributed by atoms with Crippen LogP contribution in [0.3, 0.4) is 0 Å². The summed E-state index contributed by atoms with van der Waals surface area (Å²) in [5.74, 6) is -0.183. The van der Waals surface area contributed by atoms with Crippen LogP contribution in [0.25, 0.3) is 11.4 Å². The summed E-state index contributed by atoms with van der Waals surface area (Å²) in [6.07, 6.45) is 0.129. The normalized spacial score (nSPS) is 10.7. The highest BCUT2D eigenvalue weighted by Crippen LogP contribution is 2.15. The van der Waals surface area contributed by atoms with Crippen LogP contribution in [0.15, 0.2) is 94.5 Å². The molecular formula is C26H23N3O3. The van der Waals surface area contributed by atoms with Crippen molar-refractivity contribution < 1.29 is 4.79 Å². The number of carbonyl (C=O) groups is 1. The van der Waals surface area contributed by atoms with E-state index in [-0.39, 0.29) is 18.1 Å². The van der Waals surface area contributed by atoms with Gasteiger partial charge in [0.15, 0.2) is 0 Å². The minimum absolute atomic E-state index is 0.129. The lowest BCUT2D eigenvalue weighted by molar-refractivity contribution is -0.115. The van der Waals surface area contributed by atoms with E-state index >= 15 is 0 Å². The van der Waals surface area contributed by atoms with Gasteiger partial charge in [-0.1, -0.05) is 65.7 Å². The van der Waals surface area contributed by atoms with Crippen LogP contribution in [-0.2, 0) is 11.2 Å². The highest BCUT2D eigenvalue weighted by molar-refractivity contribution is 5.91. The summed E-state index contributed by atoms with van der Waals surface area (Å²) in [4.78, 5) is 39.1. The Morgan fingerprint density at radius 2 is 1.28 bits per heavy atom. The van der Waals surface area contributed by atoms with E-state index < -0.39 is 11.2 Å². The lowest BCUT2D eigenvalue weighted by atomic mass is 10.1. The van der Waals surface area contributed by atoms with Crippen LogP contribution >= 0.6 is 0 Å². The zero-order chi connectivity index (χ0) is 22.7. The van der Waals surface area contributed by atoms with Gasteiger partial charge in [-0.2, -0.15) is 0 Å². The van der Waals surface area contributed by atoms with Crippen molar-refractivity contribution in [1.29, 1.82) is 0 Å². The third kappa shape index (κ3) is 4.44. The molecule has 4 aromatic rings. The van der Waals surface area contributed by atoms with E-state index in [4.69, 9.17) is 0 Å². The Kier molecular flexibility index (Phi) is 5.85. The van der Waals surface area contributed by atoms with Crippen LogP contribution in [0, 0.1) is 13.8 Å². The smallest absolute Gasteiger partial charge is 0.311 e. The van der Waals surface area contributed by atoms with Gasteiger partial charge in [-0.3, -0.25) is 9.59 Å². The standard InChI is InChI=1S/C26H23N3O3/c1-18-8-12-21(13-9-18)28-23(27-24(30)16-20-6-4-3-5-7-20)17-25(31)29(26(28)32)22-14-10-19(2)11-15-22/h3-15,17H,16H2,1-2H3,(H,27,30). The highest BCUT2D eigenvalue weighted by Gasteiger charge is 2.16. The molecule has 0 saturated carbocycles. The Balaban J connectivity index is 1.82. The average molecular weight is 425 g/mol. The number of nitrogens with zero attached hydrogens (tertiary/aromatic N) is 2. The Labute approximate surface area is 185 Å². The molecule has 0 atom stereocenters. The molecular weight excluding hydrogens is 402 g/mol. The SMILES string of the molecule is Cc1ccc(-n2c(NC(=O)Cc3ccccc3)cc(=O)n(-c3ccc(C)cc3)c2=O)cc1. The summed E-state index contributed by atoms with van der Waals surface area (Å²) in [6, 6.07) is 25.0. The number of aryl methyl sites for hydroxylation is 2. The number of nitrogens with one attached hydrogen (secondary N) is 1. The molecule has 1 aromatic heterocycles. The van der Waals surface area contributed by atoms with Crippen molar-refractivity contribution in [2.75, 3.05) is 5.32 Å². The quantitative estimate of drug-likeness (QED) is 0.529. The van der Waals surface area contributed by atoms with Crippen LogP contribution in [-0.4, -0.2) is 15.0 Å². The Morgan fingerprint density at radius 1 is 0.750 bits per heavy atom. The molecule has 0 aliphatic carbocycles. The molecule has 32 heavy (non-hydrogen) atoms. The van der Waals surface area contributed by atoms with Crippen molar-refractivity contribution in [3.63, 3.8) is 0 Å². The van der Waals surface area contributed by atoms with E-state index in [1.54, 1.807) is 24.3 Å². The maximum absolute atomic E-state index is 13.5. The van der Waals surface area contributed by atoms with Crippen molar-refractivity contribution in [1.82, 2.24) is 9.13 Å². The van der Waals surface area contributed by atoms with Crippen LogP contribution in [0.4, 0.5) is 5.82 Å². The van der Waals surface area contributed by atoms with Crippen molar-refractivity contribution in [3.8, 4) is 11.4 Å². The summed E-state index contributed by atoms with van der Waals surface area (Å²) in [5.41, 5.74) is 2.83. The second-order valence-electron chi connectivity index (χ2n) is 7.70. The van der Waals surface area contributed by atoms with Crippen LogP contribution < -0.4 is 16.6 Å². The number of hydrogen-bond acceptors (Lipinski definition) is 3. The minimum Gasteiger partial charge on any atom is -0.311 e. The Hall–Kier alpha value is -4.19. The molecule has 1 heterocycles. The molecule has 0 radical (unpaired) electrons. The van der Waals surface area contributed by atoms with E-state index in [1.165, 1.54) is 10.6 Å². The van der Waals surface area contributed by atoms with Gasteiger partial charge in [0, 0.05) is 6.07 Å². The monoisotopic (exact) mass is 425 g/mol. The van der Waals surface area contributed by atoms with Crippen molar-refractivity contribution in [2.45, 2.75) is 20.3 Å². The van der Waals surface area contributed by atoms with E-state index in [9.17, 15) is 14.4 Å². The van der Waals surface area contributed by atoms with Crippen molar-refractivity contribution in [2.24, 2.45) is 0 Å². The molecule has 0 unspecified atom stereocenters. The largest absolute Gasteiger partial charge is 0.341 e. The molecule has 0 spiro atoms. The van der Waals surface area contributed by atoms with Crippen molar-refractivity contribution in [3.05, 3.63) is 122 Å². The molecule has 0 fully saturated rings. The highest BCUT2D eigenvalue weighted by atomic mass is 16.2. The van der Waals surface area contributed by atoms with Gasteiger partial charge in [0.05, 0.1) is 17.8 Å². The molecule has 0 saturated heterocycles. The first-order valence-electron chi connectivity index (χ1n) is 10.3. The molecule has 0 aliphatic rings. The number of amides is 1. The number of anilines is 1. The number of rotatable bonds is 5. The second kappa shape index (κ2) is 8.89. The molecule has 6 heteroatoms. The molecule has 6 nitrogen and oxygen atoms in total. The number of carbonyl (C=O) groups excluding carboxylic acids is 1. The molecule has 3 aromatic carbocycles. The van der Waals surface area contributed by atoms with Gasteiger partial charge >= 0.3 is 5.69 Å². The number of aromatic nitrogens is 2. The average Bonchev–Trinajstić information content (AvgIpc) is 2.77. The molecule has 0 aliphatic heterocycles. The third-order valence-corrected chi connectivity index (χ3v) is 5.16.